The maximum atomic E-state index is 12.5. The molecule has 0 saturated carbocycles. The third-order valence-corrected chi connectivity index (χ3v) is 4.84. The number of amides is 2. The fourth-order valence-electron chi connectivity index (χ4n) is 2.31. The molecule has 1 N–H and O–H groups in total. The van der Waals surface area contributed by atoms with E-state index in [1.807, 2.05) is 12.1 Å². The van der Waals surface area contributed by atoms with Crippen LogP contribution in [0.2, 0.25) is 0 Å². The van der Waals surface area contributed by atoms with E-state index in [0.717, 1.165) is 8.66 Å². The lowest BCUT2D eigenvalue weighted by Gasteiger charge is -2.24. The molecule has 6 heteroatoms. The quantitative estimate of drug-likeness (QED) is 0.899. The van der Waals surface area contributed by atoms with Crippen molar-refractivity contribution in [3.05, 3.63) is 20.8 Å². The maximum Gasteiger partial charge on any atom is 0.245 e. The monoisotopic (exact) mass is 358 g/mol. The Morgan fingerprint density at radius 1 is 1.45 bits per heavy atom. The summed E-state index contributed by atoms with van der Waals surface area (Å²) in [5.41, 5.74) is 0. The van der Waals surface area contributed by atoms with Crippen molar-refractivity contribution in [2.75, 3.05) is 6.54 Å². The summed E-state index contributed by atoms with van der Waals surface area (Å²) in [6.07, 6.45) is 1.07. The number of hydrogen-bond donors (Lipinski definition) is 1. The van der Waals surface area contributed by atoms with Gasteiger partial charge in [-0.05, 0) is 40.4 Å². The van der Waals surface area contributed by atoms with Gasteiger partial charge < -0.3 is 10.2 Å². The normalized spacial score (nSPS) is 20.2. The van der Waals surface area contributed by atoms with Gasteiger partial charge in [0.2, 0.25) is 11.8 Å². The first-order chi connectivity index (χ1) is 9.45. The van der Waals surface area contributed by atoms with Gasteiger partial charge in [-0.1, -0.05) is 13.8 Å². The molecule has 0 radical (unpaired) electrons. The third-order valence-electron chi connectivity index (χ3n) is 3.24. The highest BCUT2D eigenvalue weighted by Crippen LogP contribution is 2.24. The van der Waals surface area contributed by atoms with E-state index in [2.05, 4.69) is 35.1 Å². The lowest BCUT2D eigenvalue weighted by molar-refractivity contribution is -0.134. The lowest BCUT2D eigenvalue weighted by atomic mass is 10.0. The maximum absolute atomic E-state index is 12.5. The second-order valence-electron chi connectivity index (χ2n) is 5.47. The van der Waals surface area contributed by atoms with Gasteiger partial charge in [0.15, 0.2) is 0 Å². The third kappa shape index (κ3) is 4.06. The van der Waals surface area contributed by atoms with Gasteiger partial charge in [-0.15, -0.1) is 11.3 Å². The second kappa shape index (κ2) is 6.72. The smallest absolute Gasteiger partial charge is 0.245 e. The van der Waals surface area contributed by atoms with E-state index in [9.17, 15) is 9.59 Å². The van der Waals surface area contributed by atoms with Gasteiger partial charge in [0.25, 0.3) is 0 Å². The van der Waals surface area contributed by atoms with Gasteiger partial charge >= 0.3 is 0 Å². The summed E-state index contributed by atoms with van der Waals surface area (Å²) in [6, 6.07) is 3.62. The Kier molecular flexibility index (Phi) is 5.21. The van der Waals surface area contributed by atoms with Crippen LogP contribution in [0.25, 0.3) is 0 Å². The van der Waals surface area contributed by atoms with Crippen molar-refractivity contribution in [1.82, 2.24) is 10.2 Å². The molecule has 1 aromatic rings. The van der Waals surface area contributed by atoms with Crippen molar-refractivity contribution in [2.45, 2.75) is 39.3 Å². The predicted octanol–water partition coefficient (Wildman–Crippen LogP) is 2.77. The lowest BCUT2D eigenvalue weighted by Crippen LogP contribution is -2.45. The minimum atomic E-state index is -0.381. The van der Waals surface area contributed by atoms with Crippen molar-refractivity contribution < 1.29 is 9.59 Å². The Morgan fingerprint density at radius 3 is 2.80 bits per heavy atom. The van der Waals surface area contributed by atoms with Gasteiger partial charge in [-0.2, -0.15) is 0 Å². The molecule has 2 heterocycles. The molecule has 1 aliphatic rings. The van der Waals surface area contributed by atoms with E-state index in [1.165, 1.54) is 0 Å². The molecule has 1 atom stereocenters. The predicted molar refractivity (Wildman–Crippen MR) is 83.4 cm³/mol. The molecule has 0 aliphatic carbocycles. The van der Waals surface area contributed by atoms with E-state index in [1.54, 1.807) is 16.2 Å². The highest BCUT2D eigenvalue weighted by atomic mass is 79.9. The number of nitrogens with one attached hydrogen (secondary N) is 1. The number of hydrogen-bond acceptors (Lipinski definition) is 3. The average molecular weight is 359 g/mol. The zero-order valence-corrected chi connectivity index (χ0v) is 14.1. The first-order valence-electron chi connectivity index (χ1n) is 6.78. The van der Waals surface area contributed by atoms with Crippen LogP contribution < -0.4 is 5.32 Å². The first kappa shape index (κ1) is 15.5. The minimum Gasteiger partial charge on any atom is -0.344 e. The van der Waals surface area contributed by atoms with Crippen LogP contribution in [0.15, 0.2) is 15.9 Å². The highest BCUT2D eigenvalue weighted by Gasteiger charge is 2.30. The summed E-state index contributed by atoms with van der Waals surface area (Å²) in [5.74, 6) is 0.382. The van der Waals surface area contributed by atoms with E-state index in [-0.39, 0.29) is 17.9 Å². The Balaban J connectivity index is 2.10. The number of thiophene rings is 1. The number of halogens is 1. The second-order valence-corrected chi connectivity index (χ2v) is 8.01. The average Bonchev–Trinajstić information content (AvgIpc) is 2.72. The summed E-state index contributed by atoms with van der Waals surface area (Å²) in [5, 5.41) is 2.84. The van der Waals surface area contributed by atoms with Gasteiger partial charge in [0, 0.05) is 17.8 Å². The molecular weight excluding hydrogens is 340 g/mol. The molecule has 0 aromatic carbocycles. The summed E-state index contributed by atoms with van der Waals surface area (Å²) >= 11 is 5.05. The van der Waals surface area contributed by atoms with Gasteiger partial charge in [0.05, 0.1) is 10.3 Å². The number of carbonyl (C=O) groups is 2. The largest absolute Gasteiger partial charge is 0.344 e. The van der Waals surface area contributed by atoms with Gasteiger partial charge in [-0.25, -0.2) is 0 Å². The minimum absolute atomic E-state index is 0.0288. The molecule has 0 spiro atoms. The zero-order chi connectivity index (χ0) is 14.7. The standard InChI is InChI=1S/C14H19BrN2O2S/c1-9(2)7-11-14(19)17(6-5-13(18)16-11)8-10-3-4-12(15)20-10/h3-4,9,11H,5-8H2,1-2H3,(H,16,18). The highest BCUT2D eigenvalue weighted by molar-refractivity contribution is 9.11. The van der Waals surface area contributed by atoms with Crippen LogP contribution in [0.1, 0.15) is 31.6 Å². The molecule has 20 heavy (non-hydrogen) atoms. The van der Waals surface area contributed by atoms with Crippen molar-refractivity contribution in [2.24, 2.45) is 5.92 Å². The van der Waals surface area contributed by atoms with E-state index in [4.69, 9.17) is 0 Å². The fourth-order valence-corrected chi connectivity index (χ4v) is 3.81. The topological polar surface area (TPSA) is 49.4 Å². The van der Waals surface area contributed by atoms with Crippen molar-refractivity contribution in [3.8, 4) is 0 Å². The van der Waals surface area contributed by atoms with Crippen LogP contribution in [0.5, 0.6) is 0 Å². The summed E-state index contributed by atoms with van der Waals surface area (Å²) in [6.45, 7) is 5.20. The van der Waals surface area contributed by atoms with Gasteiger partial charge in [-0.3, -0.25) is 9.59 Å². The van der Waals surface area contributed by atoms with E-state index >= 15 is 0 Å². The molecule has 4 nitrogen and oxygen atoms in total. The van der Waals surface area contributed by atoms with E-state index in [0.29, 0.717) is 31.8 Å². The van der Waals surface area contributed by atoms with Crippen LogP contribution in [0, 0.1) is 5.92 Å². The molecule has 1 fully saturated rings. The van der Waals surface area contributed by atoms with Crippen LogP contribution in [0.3, 0.4) is 0 Å². The molecule has 1 unspecified atom stereocenters. The molecule has 2 rings (SSSR count). The van der Waals surface area contributed by atoms with Crippen LogP contribution in [-0.4, -0.2) is 29.3 Å². The Hall–Kier alpha value is -0.880. The summed E-state index contributed by atoms with van der Waals surface area (Å²) < 4.78 is 1.06. The molecule has 1 aromatic heterocycles. The van der Waals surface area contributed by atoms with Crippen molar-refractivity contribution in [1.29, 1.82) is 0 Å². The number of rotatable bonds is 4. The number of nitrogens with zero attached hydrogens (tertiary/aromatic N) is 1. The fraction of sp³-hybridized carbons (Fsp3) is 0.571. The molecule has 110 valence electrons. The van der Waals surface area contributed by atoms with Crippen LogP contribution >= 0.6 is 27.3 Å². The molecule has 1 aliphatic heterocycles. The zero-order valence-electron chi connectivity index (χ0n) is 11.7. The number of carbonyl (C=O) groups excluding carboxylic acids is 2. The molecular formula is C14H19BrN2O2S. The Labute approximate surface area is 131 Å². The summed E-state index contributed by atoms with van der Waals surface area (Å²) in [4.78, 5) is 27.2. The summed E-state index contributed by atoms with van der Waals surface area (Å²) in [7, 11) is 0. The van der Waals surface area contributed by atoms with Crippen molar-refractivity contribution >= 4 is 39.1 Å². The van der Waals surface area contributed by atoms with Crippen LogP contribution in [-0.2, 0) is 16.1 Å². The molecule has 1 saturated heterocycles. The van der Waals surface area contributed by atoms with Crippen LogP contribution in [0.4, 0.5) is 0 Å². The van der Waals surface area contributed by atoms with Gasteiger partial charge in [0.1, 0.15) is 6.04 Å². The Bertz CT molecular complexity index is 501. The molecule has 0 bridgehead atoms. The van der Waals surface area contributed by atoms with E-state index < -0.39 is 0 Å². The SMILES string of the molecule is CC(C)CC1NC(=O)CCN(Cc2ccc(Br)s2)C1=O. The Morgan fingerprint density at radius 2 is 2.20 bits per heavy atom. The van der Waals surface area contributed by atoms with Crippen molar-refractivity contribution in [3.63, 3.8) is 0 Å². The molecule has 2 amide bonds. The first-order valence-corrected chi connectivity index (χ1v) is 8.39.